The first-order valence-corrected chi connectivity index (χ1v) is 11.6. The SMILES string of the molecule is CC(=O)OCCCc1cc2c(c(C(C)(C)C)c1)OC(=O)[C@H]1[C@@H](c3ccc(C)o3)CC(=O)C[C@@H]21. The molecule has 2 aliphatic rings. The van der Waals surface area contributed by atoms with Crippen molar-refractivity contribution < 1.29 is 28.3 Å². The van der Waals surface area contributed by atoms with E-state index in [9.17, 15) is 14.4 Å². The van der Waals surface area contributed by atoms with Crippen LogP contribution in [0.15, 0.2) is 28.7 Å². The molecule has 1 aromatic heterocycles. The zero-order valence-corrected chi connectivity index (χ0v) is 20.0. The zero-order chi connectivity index (χ0) is 23.9. The molecule has 0 amide bonds. The van der Waals surface area contributed by atoms with Crippen molar-refractivity contribution in [2.75, 3.05) is 6.61 Å². The minimum Gasteiger partial charge on any atom is -0.466 e. The second kappa shape index (κ2) is 8.81. The minimum atomic E-state index is -0.454. The van der Waals surface area contributed by atoms with E-state index in [0.717, 1.165) is 28.9 Å². The van der Waals surface area contributed by atoms with Crippen molar-refractivity contribution in [1.29, 1.82) is 0 Å². The second-order valence-corrected chi connectivity index (χ2v) is 10.3. The van der Waals surface area contributed by atoms with Crippen molar-refractivity contribution in [2.45, 2.75) is 77.6 Å². The summed E-state index contributed by atoms with van der Waals surface area (Å²) in [5.74, 6) is 0.570. The van der Waals surface area contributed by atoms with E-state index in [1.165, 1.54) is 6.92 Å². The van der Waals surface area contributed by atoms with Crippen LogP contribution in [0.2, 0.25) is 0 Å². The lowest BCUT2D eigenvalue weighted by Crippen LogP contribution is -2.41. The molecule has 1 aromatic carbocycles. The predicted molar refractivity (Wildman–Crippen MR) is 122 cm³/mol. The molecule has 3 atom stereocenters. The number of carbonyl (C=O) groups is 3. The molecular formula is C27H32O6. The Kier molecular flexibility index (Phi) is 6.21. The van der Waals surface area contributed by atoms with Crippen LogP contribution in [0.3, 0.4) is 0 Å². The summed E-state index contributed by atoms with van der Waals surface area (Å²) in [6, 6.07) is 7.89. The molecule has 4 rings (SSSR count). The van der Waals surface area contributed by atoms with Gasteiger partial charge in [0.2, 0.25) is 0 Å². The molecule has 2 aromatic rings. The monoisotopic (exact) mass is 452 g/mol. The molecule has 2 heterocycles. The summed E-state index contributed by atoms with van der Waals surface area (Å²) in [5, 5.41) is 0. The molecule has 1 aliphatic carbocycles. The number of hydrogen-bond donors (Lipinski definition) is 0. The van der Waals surface area contributed by atoms with E-state index < -0.39 is 5.92 Å². The molecule has 1 saturated carbocycles. The van der Waals surface area contributed by atoms with Crippen LogP contribution in [0.4, 0.5) is 0 Å². The van der Waals surface area contributed by atoms with Crippen molar-refractivity contribution in [3.05, 3.63) is 52.5 Å². The topological polar surface area (TPSA) is 82.8 Å². The van der Waals surface area contributed by atoms with E-state index in [-0.39, 0.29) is 41.4 Å². The van der Waals surface area contributed by atoms with E-state index in [1.807, 2.05) is 19.1 Å². The Morgan fingerprint density at radius 1 is 1.12 bits per heavy atom. The summed E-state index contributed by atoms with van der Waals surface area (Å²) >= 11 is 0. The van der Waals surface area contributed by atoms with Gasteiger partial charge in [-0.15, -0.1) is 0 Å². The first-order chi connectivity index (χ1) is 15.5. The number of hydrogen-bond acceptors (Lipinski definition) is 6. The van der Waals surface area contributed by atoms with Gasteiger partial charge in [-0.25, -0.2) is 0 Å². The van der Waals surface area contributed by atoms with E-state index in [0.29, 0.717) is 31.0 Å². The lowest BCUT2D eigenvalue weighted by molar-refractivity contribution is -0.145. The van der Waals surface area contributed by atoms with E-state index in [4.69, 9.17) is 13.9 Å². The Balaban J connectivity index is 1.75. The van der Waals surface area contributed by atoms with Crippen molar-refractivity contribution in [3.8, 4) is 5.75 Å². The number of aryl methyl sites for hydroxylation is 2. The number of Topliss-reactive ketones (excluding diaryl/α,β-unsaturated/α-hetero) is 1. The number of ether oxygens (including phenoxy) is 2. The van der Waals surface area contributed by atoms with Crippen molar-refractivity contribution in [1.82, 2.24) is 0 Å². The lowest BCUT2D eigenvalue weighted by atomic mass is 9.65. The van der Waals surface area contributed by atoms with Gasteiger partial charge in [-0.1, -0.05) is 32.9 Å². The third-order valence-corrected chi connectivity index (χ3v) is 6.66. The van der Waals surface area contributed by atoms with Gasteiger partial charge < -0.3 is 13.9 Å². The highest BCUT2D eigenvalue weighted by molar-refractivity contribution is 5.89. The molecule has 6 heteroatoms. The van der Waals surface area contributed by atoms with Crippen LogP contribution in [0.1, 0.15) is 87.0 Å². The van der Waals surface area contributed by atoms with Gasteiger partial charge in [0.15, 0.2) is 0 Å². The summed E-state index contributed by atoms with van der Waals surface area (Å²) in [7, 11) is 0. The number of esters is 2. The highest BCUT2D eigenvalue weighted by Crippen LogP contribution is 2.53. The Hall–Kier alpha value is -2.89. The molecule has 0 N–H and O–H groups in total. The quantitative estimate of drug-likeness (QED) is 0.355. The van der Waals surface area contributed by atoms with E-state index in [1.54, 1.807) is 0 Å². The van der Waals surface area contributed by atoms with Crippen LogP contribution < -0.4 is 4.74 Å². The van der Waals surface area contributed by atoms with E-state index in [2.05, 4.69) is 32.9 Å². The van der Waals surface area contributed by atoms with Gasteiger partial charge >= 0.3 is 11.9 Å². The first-order valence-electron chi connectivity index (χ1n) is 11.6. The molecule has 1 aliphatic heterocycles. The van der Waals surface area contributed by atoms with Gasteiger partial charge in [0.1, 0.15) is 23.1 Å². The van der Waals surface area contributed by atoms with Crippen LogP contribution >= 0.6 is 0 Å². The van der Waals surface area contributed by atoms with Gasteiger partial charge in [0, 0.05) is 37.2 Å². The standard InChI is InChI=1S/C27H32O6/c1-15-8-9-23(32-15)21-14-18(29)13-19-20-11-17(7-6-10-31-16(2)28)12-22(27(3,4)5)25(20)33-26(30)24(19)21/h8-9,11-12,19,21,24H,6-7,10,13-14H2,1-5H3/t19-,21+,24+/m0/s1. The fourth-order valence-corrected chi connectivity index (χ4v) is 5.14. The third kappa shape index (κ3) is 4.75. The first kappa shape index (κ1) is 23.3. The maximum absolute atomic E-state index is 13.3. The second-order valence-electron chi connectivity index (χ2n) is 10.3. The molecular weight excluding hydrogens is 420 g/mol. The Bertz CT molecular complexity index is 1090. The highest BCUT2D eigenvalue weighted by Gasteiger charge is 2.49. The molecule has 0 radical (unpaired) electrons. The molecule has 0 spiro atoms. The number of ketones is 1. The summed E-state index contributed by atoms with van der Waals surface area (Å²) < 4.78 is 16.9. The summed E-state index contributed by atoms with van der Waals surface area (Å²) in [6.07, 6.45) is 2.03. The highest BCUT2D eigenvalue weighted by atomic mass is 16.5. The number of carbonyl (C=O) groups excluding carboxylic acids is 3. The molecule has 176 valence electrons. The summed E-state index contributed by atoms with van der Waals surface area (Å²) in [5.41, 5.74) is 2.72. The maximum atomic E-state index is 13.3. The van der Waals surface area contributed by atoms with Crippen LogP contribution in [0, 0.1) is 12.8 Å². The maximum Gasteiger partial charge on any atom is 0.315 e. The Labute approximate surface area is 194 Å². The predicted octanol–water partition coefficient (Wildman–Crippen LogP) is 5.15. The number of rotatable bonds is 5. The number of benzene rings is 1. The molecule has 33 heavy (non-hydrogen) atoms. The van der Waals surface area contributed by atoms with Crippen LogP contribution in [0.5, 0.6) is 5.75 Å². The minimum absolute atomic E-state index is 0.133. The Morgan fingerprint density at radius 2 is 1.85 bits per heavy atom. The number of furan rings is 1. The van der Waals surface area contributed by atoms with E-state index >= 15 is 0 Å². The zero-order valence-electron chi connectivity index (χ0n) is 20.0. The fraction of sp³-hybridized carbons (Fsp3) is 0.519. The van der Waals surface area contributed by atoms with Crippen LogP contribution in [0.25, 0.3) is 0 Å². The third-order valence-electron chi connectivity index (χ3n) is 6.66. The van der Waals surface area contributed by atoms with Crippen LogP contribution in [-0.4, -0.2) is 24.3 Å². The van der Waals surface area contributed by atoms with Gasteiger partial charge in [0.25, 0.3) is 0 Å². The summed E-state index contributed by atoms with van der Waals surface area (Å²) in [6.45, 7) is 9.89. The van der Waals surface area contributed by atoms with Gasteiger partial charge in [0.05, 0.1) is 12.5 Å². The molecule has 0 bridgehead atoms. The lowest BCUT2D eigenvalue weighted by Gasteiger charge is -2.40. The van der Waals surface area contributed by atoms with Crippen molar-refractivity contribution >= 4 is 17.7 Å². The smallest absolute Gasteiger partial charge is 0.315 e. The largest absolute Gasteiger partial charge is 0.466 e. The van der Waals surface area contributed by atoms with Gasteiger partial charge in [-0.2, -0.15) is 0 Å². The van der Waals surface area contributed by atoms with Crippen molar-refractivity contribution in [2.24, 2.45) is 5.92 Å². The normalized spacial score (nSPS) is 22.4. The molecule has 0 unspecified atom stereocenters. The van der Waals surface area contributed by atoms with Gasteiger partial charge in [-0.3, -0.25) is 14.4 Å². The van der Waals surface area contributed by atoms with Crippen molar-refractivity contribution in [3.63, 3.8) is 0 Å². The molecule has 1 fully saturated rings. The Morgan fingerprint density at radius 3 is 2.48 bits per heavy atom. The summed E-state index contributed by atoms with van der Waals surface area (Å²) in [4.78, 5) is 37.2. The van der Waals surface area contributed by atoms with Gasteiger partial charge in [-0.05, 0) is 48.4 Å². The average Bonchev–Trinajstić information content (AvgIpc) is 3.16. The number of fused-ring (bicyclic) bond motifs is 3. The average molecular weight is 453 g/mol. The van der Waals surface area contributed by atoms with Crippen LogP contribution in [-0.2, 0) is 31.0 Å². The fourth-order valence-electron chi connectivity index (χ4n) is 5.14. The molecule has 0 saturated heterocycles. The molecule has 6 nitrogen and oxygen atoms in total.